The van der Waals surface area contributed by atoms with Crippen molar-refractivity contribution in [2.45, 2.75) is 19.5 Å². The maximum atomic E-state index is 12.7. The van der Waals surface area contributed by atoms with Gasteiger partial charge in [-0.05, 0) is 43.2 Å². The van der Waals surface area contributed by atoms with Crippen LogP contribution in [-0.2, 0) is 12.6 Å². The van der Waals surface area contributed by atoms with Crippen molar-refractivity contribution in [1.29, 1.82) is 0 Å². The van der Waals surface area contributed by atoms with Crippen molar-refractivity contribution in [3.8, 4) is 16.3 Å². The quantitative estimate of drug-likeness (QED) is 0.639. The molecule has 0 unspecified atom stereocenters. The third-order valence-corrected chi connectivity index (χ3v) is 5.30. The number of hydrogen-bond donors (Lipinski definition) is 2. The van der Waals surface area contributed by atoms with Crippen LogP contribution in [0.4, 0.5) is 13.2 Å². The van der Waals surface area contributed by atoms with Gasteiger partial charge in [0.2, 0.25) is 0 Å². The van der Waals surface area contributed by atoms with Gasteiger partial charge in [0.25, 0.3) is 5.91 Å². The molecule has 2 aromatic carbocycles. The molecule has 146 valence electrons. The van der Waals surface area contributed by atoms with Crippen LogP contribution in [0.5, 0.6) is 5.75 Å². The van der Waals surface area contributed by atoms with E-state index in [1.165, 1.54) is 12.1 Å². The van der Waals surface area contributed by atoms with Crippen LogP contribution in [0.1, 0.15) is 26.5 Å². The number of thiazole rings is 1. The van der Waals surface area contributed by atoms with Crippen LogP contribution in [0, 0.1) is 6.92 Å². The molecular formula is C20H17F3N2O2S. The highest BCUT2D eigenvalue weighted by Crippen LogP contribution is 2.33. The number of phenols is 1. The Kier molecular flexibility index (Phi) is 5.69. The second-order valence-electron chi connectivity index (χ2n) is 6.18. The molecule has 28 heavy (non-hydrogen) atoms. The van der Waals surface area contributed by atoms with Crippen LogP contribution in [0.2, 0.25) is 0 Å². The molecule has 2 N–H and O–H groups in total. The number of aromatic nitrogens is 1. The van der Waals surface area contributed by atoms with Crippen LogP contribution < -0.4 is 5.32 Å². The van der Waals surface area contributed by atoms with Crippen molar-refractivity contribution in [1.82, 2.24) is 10.3 Å². The van der Waals surface area contributed by atoms with Crippen molar-refractivity contribution in [3.63, 3.8) is 0 Å². The fraction of sp³-hybridized carbons (Fsp3) is 0.200. The fourth-order valence-corrected chi connectivity index (χ4v) is 3.58. The normalized spacial score (nSPS) is 11.4. The summed E-state index contributed by atoms with van der Waals surface area (Å²) in [6.07, 6.45) is -3.78. The van der Waals surface area contributed by atoms with E-state index in [4.69, 9.17) is 0 Å². The molecule has 0 radical (unpaired) electrons. The van der Waals surface area contributed by atoms with E-state index in [0.29, 0.717) is 34.1 Å². The Balaban J connectivity index is 1.66. The molecule has 3 rings (SSSR count). The second-order valence-corrected chi connectivity index (χ2v) is 7.18. The molecule has 0 spiro atoms. The van der Waals surface area contributed by atoms with Gasteiger partial charge in [-0.25, -0.2) is 4.98 Å². The van der Waals surface area contributed by atoms with E-state index in [-0.39, 0.29) is 11.7 Å². The van der Waals surface area contributed by atoms with Gasteiger partial charge >= 0.3 is 6.18 Å². The van der Waals surface area contributed by atoms with E-state index in [1.54, 1.807) is 31.2 Å². The lowest BCUT2D eigenvalue weighted by Gasteiger charge is -2.06. The highest BCUT2D eigenvalue weighted by molar-refractivity contribution is 7.17. The summed E-state index contributed by atoms with van der Waals surface area (Å²) in [5.74, 6) is -0.0872. The molecule has 0 aliphatic carbocycles. The molecule has 3 aromatic rings. The number of aromatic hydroxyl groups is 1. The Hall–Kier alpha value is -2.87. The molecule has 0 atom stereocenters. The number of rotatable bonds is 5. The molecule has 0 saturated carbocycles. The minimum Gasteiger partial charge on any atom is -0.508 e. The maximum absolute atomic E-state index is 12.7. The Morgan fingerprint density at radius 2 is 1.75 bits per heavy atom. The first kappa shape index (κ1) is 19.9. The number of carbonyl (C=O) groups is 1. The average Bonchev–Trinajstić information content (AvgIpc) is 3.04. The fourth-order valence-electron chi connectivity index (χ4n) is 2.60. The summed E-state index contributed by atoms with van der Waals surface area (Å²) in [5.41, 5.74) is 1.31. The number of phenolic OH excluding ortho intramolecular Hbond substituents is 1. The Bertz CT molecular complexity index is 965. The van der Waals surface area contributed by atoms with Gasteiger partial charge in [-0.3, -0.25) is 4.79 Å². The van der Waals surface area contributed by atoms with Crippen LogP contribution in [0.15, 0.2) is 48.5 Å². The topological polar surface area (TPSA) is 62.2 Å². The van der Waals surface area contributed by atoms with Crippen molar-refractivity contribution >= 4 is 17.2 Å². The second kappa shape index (κ2) is 8.02. The summed E-state index contributed by atoms with van der Waals surface area (Å²) in [5, 5.41) is 12.6. The zero-order chi connectivity index (χ0) is 20.3. The third kappa shape index (κ3) is 4.69. The van der Waals surface area contributed by atoms with Gasteiger partial charge in [-0.2, -0.15) is 13.2 Å². The number of aryl methyl sites for hydroxylation is 1. The number of nitrogens with one attached hydrogen (secondary N) is 1. The van der Waals surface area contributed by atoms with Gasteiger partial charge < -0.3 is 10.4 Å². The van der Waals surface area contributed by atoms with Gasteiger partial charge in [0.15, 0.2) is 0 Å². The predicted octanol–water partition coefficient (Wildman–Crippen LogP) is 4.82. The lowest BCUT2D eigenvalue weighted by atomic mass is 10.1. The van der Waals surface area contributed by atoms with Gasteiger partial charge in [-0.15, -0.1) is 11.3 Å². The first-order chi connectivity index (χ1) is 13.2. The summed E-state index contributed by atoms with van der Waals surface area (Å²) >= 11 is 1.14. The molecular weight excluding hydrogens is 389 g/mol. The molecule has 1 amide bonds. The average molecular weight is 406 g/mol. The lowest BCUT2D eigenvalue weighted by Crippen LogP contribution is -2.25. The Morgan fingerprint density at radius 3 is 2.36 bits per heavy atom. The molecule has 0 aliphatic heterocycles. The summed E-state index contributed by atoms with van der Waals surface area (Å²) in [6, 6.07) is 11.4. The van der Waals surface area contributed by atoms with E-state index in [1.807, 2.05) is 0 Å². The van der Waals surface area contributed by atoms with Gasteiger partial charge in [-0.1, -0.05) is 24.3 Å². The van der Waals surface area contributed by atoms with Crippen LogP contribution in [0.3, 0.4) is 0 Å². The smallest absolute Gasteiger partial charge is 0.416 e. The summed E-state index contributed by atoms with van der Waals surface area (Å²) in [4.78, 5) is 17.2. The first-order valence-corrected chi connectivity index (χ1v) is 9.27. The van der Waals surface area contributed by atoms with Crippen molar-refractivity contribution in [2.24, 2.45) is 0 Å². The van der Waals surface area contributed by atoms with Gasteiger partial charge in [0, 0.05) is 12.1 Å². The SMILES string of the molecule is Cc1nc(-c2ccc(C(F)(F)F)cc2)sc1C(=O)NCCc1ccc(O)cc1. The Morgan fingerprint density at radius 1 is 1.11 bits per heavy atom. The molecule has 0 saturated heterocycles. The zero-order valence-corrected chi connectivity index (χ0v) is 15.7. The number of alkyl halides is 3. The molecule has 1 aromatic heterocycles. The summed E-state index contributed by atoms with van der Waals surface area (Å²) in [7, 11) is 0. The lowest BCUT2D eigenvalue weighted by molar-refractivity contribution is -0.137. The van der Waals surface area contributed by atoms with E-state index in [9.17, 15) is 23.1 Å². The highest BCUT2D eigenvalue weighted by Gasteiger charge is 2.30. The standard InChI is InChI=1S/C20H17F3N2O2S/c1-12-17(18(27)24-11-10-13-2-8-16(26)9-3-13)28-19(25-12)14-4-6-15(7-5-14)20(21,22)23/h2-9,26H,10-11H2,1H3,(H,24,27). The molecule has 8 heteroatoms. The van der Waals surface area contributed by atoms with Crippen LogP contribution >= 0.6 is 11.3 Å². The third-order valence-electron chi connectivity index (χ3n) is 4.10. The first-order valence-electron chi connectivity index (χ1n) is 8.45. The highest BCUT2D eigenvalue weighted by atomic mass is 32.1. The number of nitrogens with zero attached hydrogens (tertiary/aromatic N) is 1. The minimum atomic E-state index is -4.39. The molecule has 0 fully saturated rings. The van der Waals surface area contributed by atoms with E-state index in [2.05, 4.69) is 10.3 Å². The van der Waals surface area contributed by atoms with E-state index >= 15 is 0 Å². The molecule has 0 bridgehead atoms. The van der Waals surface area contributed by atoms with E-state index in [0.717, 1.165) is 29.0 Å². The molecule has 4 nitrogen and oxygen atoms in total. The van der Waals surface area contributed by atoms with Crippen molar-refractivity contribution in [3.05, 3.63) is 70.2 Å². The minimum absolute atomic E-state index is 0.184. The van der Waals surface area contributed by atoms with Crippen molar-refractivity contribution in [2.75, 3.05) is 6.54 Å². The number of amides is 1. The van der Waals surface area contributed by atoms with Gasteiger partial charge in [0.05, 0.1) is 11.3 Å². The largest absolute Gasteiger partial charge is 0.508 e. The number of benzene rings is 2. The van der Waals surface area contributed by atoms with Crippen molar-refractivity contribution < 1.29 is 23.1 Å². The van der Waals surface area contributed by atoms with Gasteiger partial charge in [0.1, 0.15) is 15.6 Å². The monoisotopic (exact) mass is 406 g/mol. The number of carbonyl (C=O) groups excluding carboxylic acids is 1. The molecule has 1 heterocycles. The summed E-state index contributed by atoms with van der Waals surface area (Å²) in [6.45, 7) is 2.11. The number of halogens is 3. The maximum Gasteiger partial charge on any atom is 0.416 e. The number of hydrogen-bond acceptors (Lipinski definition) is 4. The molecule has 0 aliphatic rings. The zero-order valence-electron chi connectivity index (χ0n) is 14.9. The van der Waals surface area contributed by atoms with Crippen LogP contribution in [0.25, 0.3) is 10.6 Å². The Labute approximate surface area is 163 Å². The van der Waals surface area contributed by atoms with Crippen LogP contribution in [-0.4, -0.2) is 22.5 Å². The van der Waals surface area contributed by atoms with E-state index < -0.39 is 11.7 Å². The predicted molar refractivity (Wildman–Crippen MR) is 101 cm³/mol. The summed E-state index contributed by atoms with van der Waals surface area (Å²) < 4.78 is 38.0.